The molecule has 0 saturated carbocycles. The number of ketones is 1. The molecule has 0 unspecified atom stereocenters. The second kappa shape index (κ2) is 8.59. The maximum Gasteiger partial charge on any atom is 0.300 e. The quantitative estimate of drug-likeness (QED) is 0.363. The molecule has 4 rings (SSSR count). The average Bonchev–Trinajstić information content (AvgIpc) is 3.09. The van der Waals surface area contributed by atoms with E-state index in [1.54, 1.807) is 61.7 Å². The lowest BCUT2D eigenvalue weighted by atomic mass is 9.94. The summed E-state index contributed by atoms with van der Waals surface area (Å²) in [4.78, 5) is 27.8. The number of ether oxygens (including phenoxy) is 2. The summed E-state index contributed by atoms with van der Waals surface area (Å²) in [6, 6.07) is 20.3. The van der Waals surface area contributed by atoms with Gasteiger partial charge in [-0.05, 0) is 31.2 Å². The van der Waals surface area contributed by atoms with Crippen LogP contribution in [0, 0.1) is 6.92 Å². The summed E-state index contributed by atoms with van der Waals surface area (Å²) in [7, 11) is 3.05. The van der Waals surface area contributed by atoms with Crippen molar-refractivity contribution in [2.24, 2.45) is 0 Å². The van der Waals surface area contributed by atoms with E-state index in [0.29, 0.717) is 28.3 Å². The molecule has 1 N–H and O–H groups in total. The fraction of sp³-hybridized carbons (Fsp3) is 0.154. The third kappa shape index (κ3) is 3.60. The van der Waals surface area contributed by atoms with Crippen LogP contribution in [0.2, 0.25) is 0 Å². The highest BCUT2D eigenvalue weighted by Crippen LogP contribution is 2.45. The molecule has 1 aliphatic rings. The van der Waals surface area contributed by atoms with Gasteiger partial charge in [-0.1, -0.05) is 48.0 Å². The fourth-order valence-corrected chi connectivity index (χ4v) is 3.89. The molecule has 32 heavy (non-hydrogen) atoms. The molecule has 0 radical (unpaired) electrons. The molecule has 1 amide bonds. The van der Waals surface area contributed by atoms with Gasteiger partial charge in [0.1, 0.15) is 17.3 Å². The highest BCUT2D eigenvalue weighted by Gasteiger charge is 2.47. The number of aryl methyl sites for hydroxylation is 1. The van der Waals surface area contributed by atoms with Gasteiger partial charge in [-0.3, -0.25) is 14.5 Å². The van der Waals surface area contributed by atoms with Crippen LogP contribution in [0.25, 0.3) is 5.76 Å². The molecule has 1 heterocycles. The van der Waals surface area contributed by atoms with Gasteiger partial charge in [0.25, 0.3) is 11.7 Å². The van der Waals surface area contributed by atoms with Crippen LogP contribution in [0.4, 0.5) is 5.69 Å². The van der Waals surface area contributed by atoms with Crippen molar-refractivity contribution >= 4 is 23.1 Å². The maximum absolute atomic E-state index is 13.2. The first-order valence-electron chi connectivity index (χ1n) is 10.1. The smallest absolute Gasteiger partial charge is 0.300 e. The van der Waals surface area contributed by atoms with Crippen LogP contribution in [-0.2, 0) is 9.59 Å². The number of hydrogen-bond acceptors (Lipinski definition) is 5. The van der Waals surface area contributed by atoms with E-state index in [-0.39, 0.29) is 11.3 Å². The number of anilines is 1. The summed E-state index contributed by atoms with van der Waals surface area (Å²) >= 11 is 0. The minimum absolute atomic E-state index is 0.00572. The molecular formula is C26H23NO5. The summed E-state index contributed by atoms with van der Waals surface area (Å²) in [5.41, 5.74) is 2.58. The molecule has 0 bridgehead atoms. The third-order valence-electron chi connectivity index (χ3n) is 5.54. The van der Waals surface area contributed by atoms with E-state index in [4.69, 9.17) is 9.47 Å². The molecule has 0 spiro atoms. The number of aliphatic hydroxyl groups is 1. The Morgan fingerprint density at radius 2 is 1.59 bits per heavy atom. The van der Waals surface area contributed by atoms with E-state index in [0.717, 1.165) is 5.56 Å². The number of amides is 1. The molecule has 0 aliphatic carbocycles. The van der Waals surface area contributed by atoms with Crippen LogP contribution < -0.4 is 14.4 Å². The maximum atomic E-state index is 13.2. The van der Waals surface area contributed by atoms with Crippen molar-refractivity contribution in [3.8, 4) is 11.5 Å². The first-order chi connectivity index (χ1) is 15.5. The standard InChI is InChI=1S/C26H23NO5/c1-16-9-11-17(12-10-16)24(28)22-23(20-14-13-19(31-2)15-21(20)32-3)27(26(30)25(22)29)18-7-5-4-6-8-18/h4-15,23,28H,1-3H3/b24-22+/t23-/m1/s1. The topological polar surface area (TPSA) is 76.1 Å². The molecule has 6 heteroatoms. The highest BCUT2D eigenvalue weighted by atomic mass is 16.5. The summed E-state index contributed by atoms with van der Waals surface area (Å²) in [5, 5.41) is 11.2. The van der Waals surface area contributed by atoms with E-state index < -0.39 is 17.7 Å². The Hall–Kier alpha value is -4.06. The first kappa shape index (κ1) is 21.2. The molecule has 3 aromatic carbocycles. The average molecular weight is 429 g/mol. The van der Waals surface area contributed by atoms with Gasteiger partial charge >= 0.3 is 0 Å². The number of rotatable bonds is 5. The third-order valence-corrected chi connectivity index (χ3v) is 5.54. The van der Waals surface area contributed by atoms with Crippen molar-refractivity contribution in [1.29, 1.82) is 0 Å². The minimum Gasteiger partial charge on any atom is -0.507 e. The van der Waals surface area contributed by atoms with E-state index in [1.807, 2.05) is 25.1 Å². The molecule has 162 valence electrons. The van der Waals surface area contributed by atoms with Crippen molar-refractivity contribution in [3.05, 3.63) is 95.1 Å². The second-order valence-corrected chi connectivity index (χ2v) is 7.48. The molecular weight excluding hydrogens is 406 g/mol. The van der Waals surface area contributed by atoms with Crippen LogP contribution in [0.15, 0.2) is 78.4 Å². The SMILES string of the molecule is COc1ccc([C@@H]2/C(=C(\O)c3ccc(C)cc3)C(=O)C(=O)N2c2ccccc2)c(OC)c1. The fourth-order valence-electron chi connectivity index (χ4n) is 3.89. The first-order valence-corrected chi connectivity index (χ1v) is 10.1. The number of nitrogens with zero attached hydrogens (tertiary/aromatic N) is 1. The van der Waals surface area contributed by atoms with Crippen molar-refractivity contribution in [3.63, 3.8) is 0 Å². The van der Waals surface area contributed by atoms with Crippen LogP contribution >= 0.6 is 0 Å². The molecule has 0 aromatic heterocycles. The Bertz CT molecular complexity index is 1200. The zero-order chi connectivity index (χ0) is 22.8. The van der Waals surface area contributed by atoms with Crippen LogP contribution in [0.3, 0.4) is 0 Å². The van der Waals surface area contributed by atoms with Gasteiger partial charge in [-0.15, -0.1) is 0 Å². The van der Waals surface area contributed by atoms with Gasteiger partial charge in [0.2, 0.25) is 0 Å². The van der Waals surface area contributed by atoms with Crippen molar-refractivity contribution < 1.29 is 24.2 Å². The largest absolute Gasteiger partial charge is 0.507 e. The molecule has 1 atom stereocenters. The second-order valence-electron chi connectivity index (χ2n) is 7.48. The van der Waals surface area contributed by atoms with Crippen molar-refractivity contribution in [2.45, 2.75) is 13.0 Å². The Morgan fingerprint density at radius 3 is 2.22 bits per heavy atom. The number of hydrogen-bond donors (Lipinski definition) is 1. The van der Waals surface area contributed by atoms with Crippen LogP contribution in [0.1, 0.15) is 22.7 Å². The number of aliphatic hydroxyl groups excluding tert-OH is 1. The number of benzene rings is 3. The lowest BCUT2D eigenvalue weighted by Gasteiger charge is -2.26. The van der Waals surface area contributed by atoms with Gasteiger partial charge < -0.3 is 14.6 Å². The van der Waals surface area contributed by atoms with Crippen LogP contribution in [0.5, 0.6) is 11.5 Å². The lowest BCUT2D eigenvalue weighted by Crippen LogP contribution is -2.29. The van der Waals surface area contributed by atoms with Crippen molar-refractivity contribution in [2.75, 3.05) is 19.1 Å². The zero-order valence-electron chi connectivity index (χ0n) is 18.0. The van der Waals surface area contributed by atoms with Crippen LogP contribution in [-0.4, -0.2) is 31.0 Å². The van der Waals surface area contributed by atoms with Gasteiger partial charge in [-0.25, -0.2) is 0 Å². The molecule has 3 aromatic rings. The van der Waals surface area contributed by atoms with Gasteiger partial charge in [0.15, 0.2) is 0 Å². The number of carbonyl (C=O) groups is 2. The number of carbonyl (C=O) groups excluding carboxylic acids is 2. The van der Waals surface area contributed by atoms with E-state index in [9.17, 15) is 14.7 Å². The van der Waals surface area contributed by atoms with E-state index in [2.05, 4.69) is 0 Å². The van der Waals surface area contributed by atoms with Gasteiger partial charge in [0.05, 0.1) is 25.8 Å². The molecule has 1 fully saturated rings. The summed E-state index contributed by atoms with van der Waals surface area (Å²) in [6.45, 7) is 1.93. The minimum atomic E-state index is -0.875. The Morgan fingerprint density at radius 1 is 0.906 bits per heavy atom. The summed E-state index contributed by atoms with van der Waals surface area (Å²) in [6.07, 6.45) is 0. The molecule has 6 nitrogen and oxygen atoms in total. The summed E-state index contributed by atoms with van der Waals surface area (Å²) in [5.74, 6) is -0.694. The Labute approximate surface area is 186 Å². The number of Topliss-reactive ketones (excluding diaryl/α,β-unsaturated/α-hetero) is 1. The van der Waals surface area contributed by atoms with Gasteiger partial charge in [-0.2, -0.15) is 0 Å². The zero-order valence-corrected chi connectivity index (χ0v) is 18.0. The number of para-hydroxylation sites is 1. The normalized spacial score (nSPS) is 17.5. The summed E-state index contributed by atoms with van der Waals surface area (Å²) < 4.78 is 10.9. The van der Waals surface area contributed by atoms with Crippen molar-refractivity contribution in [1.82, 2.24) is 0 Å². The Kier molecular flexibility index (Phi) is 5.69. The molecule has 1 aliphatic heterocycles. The van der Waals surface area contributed by atoms with Gasteiger partial charge in [0, 0.05) is 22.9 Å². The van der Waals surface area contributed by atoms with E-state index in [1.165, 1.54) is 12.0 Å². The molecule has 1 saturated heterocycles. The highest BCUT2D eigenvalue weighted by molar-refractivity contribution is 6.51. The Balaban J connectivity index is 1.98. The predicted molar refractivity (Wildman–Crippen MR) is 122 cm³/mol. The predicted octanol–water partition coefficient (Wildman–Crippen LogP) is 4.64. The number of methoxy groups -OCH3 is 2. The van der Waals surface area contributed by atoms with E-state index >= 15 is 0 Å². The lowest BCUT2D eigenvalue weighted by molar-refractivity contribution is -0.132. The monoisotopic (exact) mass is 429 g/mol.